The first-order valence-corrected chi connectivity index (χ1v) is 11.8. The van der Waals surface area contributed by atoms with Crippen LogP contribution >= 0.6 is 0 Å². The molecule has 0 aromatic heterocycles. The summed E-state index contributed by atoms with van der Waals surface area (Å²) in [5.74, 6) is 1.49. The Hall–Kier alpha value is -4.51. The average molecular weight is 476 g/mol. The molecule has 1 aliphatic heterocycles. The van der Waals surface area contributed by atoms with Crippen molar-refractivity contribution in [2.45, 2.75) is 5.54 Å². The van der Waals surface area contributed by atoms with Crippen LogP contribution in [0.25, 0.3) is 11.1 Å². The standard InChI is InChI=1S/C31H25NO4/c1-34-24-18-23-26(29(36-3)28(24)35-2)25(19-12-6-4-7-13-19)27(20-14-8-5-9-15-20)31(23)22-17-11-10-16-21(22)30(33)32-31/h4-18H,1-3H3,(H,32,33). The van der Waals surface area contributed by atoms with Gasteiger partial charge in [-0.25, -0.2) is 0 Å². The van der Waals surface area contributed by atoms with E-state index in [0.29, 0.717) is 22.8 Å². The molecule has 1 atom stereocenters. The molecule has 5 nitrogen and oxygen atoms in total. The molecule has 0 fully saturated rings. The summed E-state index contributed by atoms with van der Waals surface area (Å²) in [5.41, 5.74) is 6.34. The van der Waals surface area contributed by atoms with Crippen molar-refractivity contribution in [2.75, 3.05) is 21.3 Å². The second kappa shape index (κ2) is 8.31. The van der Waals surface area contributed by atoms with Crippen LogP contribution in [0, 0.1) is 0 Å². The fourth-order valence-corrected chi connectivity index (χ4v) is 5.73. The van der Waals surface area contributed by atoms with Gasteiger partial charge in [-0.05, 0) is 28.8 Å². The molecule has 5 heteroatoms. The van der Waals surface area contributed by atoms with Crippen molar-refractivity contribution in [3.8, 4) is 17.2 Å². The third-order valence-corrected chi connectivity index (χ3v) is 7.11. The summed E-state index contributed by atoms with van der Waals surface area (Å²) in [6.45, 7) is 0. The number of fused-ring (bicyclic) bond motifs is 4. The largest absolute Gasteiger partial charge is 0.493 e. The van der Waals surface area contributed by atoms with Crippen LogP contribution in [0.4, 0.5) is 0 Å². The second-order valence-electron chi connectivity index (χ2n) is 8.80. The number of rotatable bonds is 5. The first kappa shape index (κ1) is 22.0. The van der Waals surface area contributed by atoms with Gasteiger partial charge >= 0.3 is 0 Å². The van der Waals surface area contributed by atoms with Crippen LogP contribution in [0.2, 0.25) is 0 Å². The van der Waals surface area contributed by atoms with E-state index in [-0.39, 0.29) is 5.91 Å². The van der Waals surface area contributed by atoms with E-state index in [2.05, 4.69) is 29.6 Å². The van der Waals surface area contributed by atoms with Gasteiger partial charge in [0.15, 0.2) is 11.5 Å². The van der Waals surface area contributed by atoms with Gasteiger partial charge in [0.25, 0.3) is 5.91 Å². The molecule has 4 aromatic rings. The number of carbonyl (C=O) groups excluding carboxylic acids is 1. The second-order valence-corrected chi connectivity index (χ2v) is 8.80. The Morgan fingerprint density at radius 2 is 1.28 bits per heavy atom. The number of ether oxygens (including phenoxy) is 3. The van der Waals surface area contributed by atoms with Crippen LogP contribution in [0.1, 0.15) is 38.2 Å². The predicted molar refractivity (Wildman–Crippen MR) is 140 cm³/mol. The lowest BCUT2D eigenvalue weighted by Crippen LogP contribution is -2.40. The van der Waals surface area contributed by atoms with Gasteiger partial charge in [-0.2, -0.15) is 0 Å². The molecule has 6 rings (SSSR count). The van der Waals surface area contributed by atoms with Crippen molar-refractivity contribution in [2.24, 2.45) is 0 Å². The molecular formula is C31H25NO4. The topological polar surface area (TPSA) is 56.8 Å². The van der Waals surface area contributed by atoms with E-state index in [1.54, 1.807) is 21.3 Å². The van der Waals surface area contributed by atoms with E-state index in [9.17, 15) is 4.79 Å². The summed E-state index contributed by atoms with van der Waals surface area (Å²) in [6.07, 6.45) is 0. The summed E-state index contributed by atoms with van der Waals surface area (Å²) >= 11 is 0. The molecule has 4 aromatic carbocycles. The maximum absolute atomic E-state index is 13.5. The molecule has 0 saturated carbocycles. The van der Waals surface area contributed by atoms with Gasteiger partial charge in [0.1, 0.15) is 5.54 Å². The lowest BCUT2D eigenvalue weighted by atomic mass is 9.77. The minimum atomic E-state index is -0.942. The smallest absolute Gasteiger partial charge is 0.252 e. The van der Waals surface area contributed by atoms with Gasteiger partial charge < -0.3 is 19.5 Å². The number of benzene rings is 4. The summed E-state index contributed by atoms with van der Waals surface area (Å²) in [4.78, 5) is 13.5. The van der Waals surface area contributed by atoms with E-state index >= 15 is 0 Å². The van der Waals surface area contributed by atoms with E-state index < -0.39 is 5.54 Å². The predicted octanol–water partition coefficient (Wildman–Crippen LogP) is 5.67. The molecule has 1 N–H and O–H groups in total. The molecule has 0 saturated heterocycles. The van der Waals surface area contributed by atoms with Crippen molar-refractivity contribution in [1.82, 2.24) is 5.32 Å². The van der Waals surface area contributed by atoms with Crippen molar-refractivity contribution in [3.05, 3.63) is 124 Å². The van der Waals surface area contributed by atoms with E-state index in [0.717, 1.165) is 39.0 Å². The van der Waals surface area contributed by atoms with Crippen LogP contribution in [0.3, 0.4) is 0 Å². The fourth-order valence-electron chi connectivity index (χ4n) is 5.73. The summed E-state index contributed by atoms with van der Waals surface area (Å²) in [6, 6.07) is 30.1. The Morgan fingerprint density at radius 3 is 1.92 bits per heavy atom. The molecule has 0 radical (unpaired) electrons. The molecule has 1 aliphatic carbocycles. The molecule has 0 bridgehead atoms. The SMILES string of the molecule is COc1cc2c(c(OC)c1OC)C(c1ccccc1)=C(c1ccccc1)C21NC(=O)c2ccccc21. The fraction of sp³-hybridized carbons (Fsp3) is 0.129. The number of hydrogen-bond acceptors (Lipinski definition) is 4. The first-order chi connectivity index (χ1) is 17.7. The highest BCUT2D eigenvalue weighted by Crippen LogP contribution is 2.62. The zero-order valence-electron chi connectivity index (χ0n) is 20.3. The van der Waals surface area contributed by atoms with Crippen molar-refractivity contribution in [3.63, 3.8) is 0 Å². The van der Waals surface area contributed by atoms with Crippen LogP contribution < -0.4 is 19.5 Å². The Morgan fingerprint density at radius 1 is 0.667 bits per heavy atom. The Bertz CT molecular complexity index is 1530. The molecule has 1 spiro atoms. The number of amides is 1. The number of hydrogen-bond donors (Lipinski definition) is 1. The molecule has 1 unspecified atom stereocenters. The Kier molecular flexibility index (Phi) is 5.07. The molecule has 178 valence electrons. The van der Waals surface area contributed by atoms with Gasteiger partial charge in [-0.15, -0.1) is 0 Å². The summed E-state index contributed by atoms with van der Waals surface area (Å²) < 4.78 is 17.6. The molecular weight excluding hydrogens is 450 g/mol. The van der Waals surface area contributed by atoms with Crippen molar-refractivity contribution >= 4 is 17.1 Å². The third-order valence-electron chi connectivity index (χ3n) is 7.11. The van der Waals surface area contributed by atoms with E-state index in [1.165, 1.54) is 0 Å². The highest BCUT2D eigenvalue weighted by molar-refractivity contribution is 6.15. The lowest BCUT2D eigenvalue weighted by molar-refractivity contribution is 0.0952. The van der Waals surface area contributed by atoms with Crippen LogP contribution in [-0.2, 0) is 5.54 Å². The van der Waals surface area contributed by atoms with E-state index in [1.807, 2.05) is 66.7 Å². The summed E-state index contributed by atoms with van der Waals surface area (Å²) in [7, 11) is 4.85. The summed E-state index contributed by atoms with van der Waals surface area (Å²) in [5, 5.41) is 3.39. The van der Waals surface area contributed by atoms with Crippen molar-refractivity contribution < 1.29 is 19.0 Å². The first-order valence-electron chi connectivity index (χ1n) is 11.8. The number of carbonyl (C=O) groups is 1. The quantitative estimate of drug-likeness (QED) is 0.404. The molecule has 36 heavy (non-hydrogen) atoms. The van der Waals surface area contributed by atoms with Crippen molar-refractivity contribution in [1.29, 1.82) is 0 Å². The minimum absolute atomic E-state index is 0.118. The zero-order chi connectivity index (χ0) is 24.9. The molecule has 1 heterocycles. The number of methoxy groups -OCH3 is 3. The minimum Gasteiger partial charge on any atom is -0.493 e. The Labute approximate surface area is 210 Å². The van der Waals surface area contributed by atoms with Gasteiger partial charge in [0.05, 0.1) is 21.3 Å². The average Bonchev–Trinajstić information content (AvgIpc) is 3.40. The monoisotopic (exact) mass is 475 g/mol. The molecule has 2 aliphatic rings. The van der Waals surface area contributed by atoms with Gasteiger partial charge in [0, 0.05) is 27.8 Å². The highest BCUT2D eigenvalue weighted by atomic mass is 16.5. The Balaban J connectivity index is 1.86. The number of nitrogens with one attached hydrogen (secondary N) is 1. The highest BCUT2D eigenvalue weighted by Gasteiger charge is 2.55. The maximum Gasteiger partial charge on any atom is 0.252 e. The van der Waals surface area contributed by atoms with E-state index in [4.69, 9.17) is 14.2 Å². The third kappa shape index (κ3) is 2.86. The van der Waals surface area contributed by atoms with Crippen LogP contribution in [0.15, 0.2) is 91.0 Å². The zero-order valence-corrected chi connectivity index (χ0v) is 20.3. The van der Waals surface area contributed by atoms with Crippen LogP contribution in [0.5, 0.6) is 17.2 Å². The normalized spacial score (nSPS) is 17.6. The van der Waals surface area contributed by atoms with Gasteiger partial charge in [-0.1, -0.05) is 78.9 Å². The lowest BCUT2D eigenvalue weighted by Gasteiger charge is -2.32. The van der Waals surface area contributed by atoms with Gasteiger partial charge in [-0.3, -0.25) is 4.79 Å². The van der Waals surface area contributed by atoms with Gasteiger partial charge in [0.2, 0.25) is 5.75 Å². The van der Waals surface area contributed by atoms with Crippen LogP contribution in [-0.4, -0.2) is 27.2 Å². The maximum atomic E-state index is 13.5. The molecule has 1 amide bonds.